The Labute approximate surface area is 258 Å². The van der Waals surface area contributed by atoms with Gasteiger partial charge < -0.3 is 48.1 Å². The van der Waals surface area contributed by atoms with E-state index in [1.54, 1.807) is 30.3 Å². The number of hydrogen-bond donors (Lipinski definition) is 8. The van der Waals surface area contributed by atoms with Crippen molar-refractivity contribution in [1.29, 1.82) is 0 Å². The summed E-state index contributed by atoms with van der Waals surface area (Å²) in [5, 5.41) is 21.4. The highest BCUT2D eigenvalue weighted by Crippen LogP contribution is 2.20. The number of carbonyl (C=O) groups excluding carboxylic acids is 6. The smallest absolute Gasteiger partial charge is 0.305 e. The molecule has 17 heteroatoms. The molecule has 2 heterocycles. The molecule has 0 saturated carbocycles. The lowest BCUT2D eigenvalue weighted by atomic mass is 10.0. The van der Waals surface area contributed by atoms with Gasteiger partial charge in [-0.25, -0.2) is 0 Å². The average Bonchev–Trinajstić information content (AvgIpc) is 3.49. The standard InChI is InChI=1S/C28H39N9O8/c29-28(30)31-10-4-8-17-24(42)32-14-21(38)34-18(13-23(40)41)25(43)33-15-22(39)35-19(12-16-6-2-1-3-7-16)27(45)37-11-5-9-20(37)26(44)36-17/h1-3,6-7,17-20H,4-5,8-15H2,(H,32,42)(H,33,43)(H,34,38)(H,35,39)(H,36,44)(H,40,41)(H4,29,30,31)/t17-,18-,19-,20+/m1/s1. The molecule has 17 nitrogen and oxygen atoms in total. The molecule has 0 bridgehead atoms. The molecule has 0 unspecified atom stereocenters. The van der Waals surface area contributed by atoms with Crippen molar-refractivity contribution < 1.29 is 38.7 Å². The van der Waals surface area contributed by atoms with Crippen LogP contribution in [-0.4, -0.2) is 108 Å². The number of carboxylic acids is 1. The molecular weight excluding hydrogens is 590 g/mol. The van der Waals surface area contributed by atoms with Crippen LogP contribution >= 0.6 is 0 Å². The van der Waals surface area contributed by atoms with Gasteiger partial charge >= 0.3 is 5.97 Å². The highest BCUT2D eigenvalue weighted by Gasteiger charge is 2.39. The third-order valence-electron chi connectivity index (χ3n) is 7.21. The van der Waals surface area contributed by atoms with Gasteiger partial charge in [-0.05, 0) is 31.2 Å². The Kier molecular flexibility index (Phi) is 12.6. The van der Waals surface area contributed by atoms with Crippen molar-refractivity contribution in [1.82, 2.24) is 31.5 Å². The van der Waals surface area contributed by atoms with Gasteiger partial charge in [-0.1, -0.05) is 30.3 Å². The van der Waals surface area contributed by atoms with Gasteiger partial charge in [0, 0.05) is 19.5 Å². The van der Waals surface area contributed by atoms with Gasteiger partial charge in [0.2, 0.25) is 35.4 Å². The molecule has 2 aliphatic heterocycles. The predicted molar refractivity (Wildman–Crippen MR) is 159 cm³/mol. The molecule has 4 atom stereocenters. The number of hydrogen-bond acceptors (Lipinski definition) is 8. The van der Waals surface area contributed by atoms with E-state index in [2.05, 4.69) is 31.6 Å². The predicted octanol–water partition coefficient (Wildman–Crippen LogP) is -3.55. The van der Waals surface area contributed by atoms with Gasteiger partial charge in [-0.2, -0.15) is 0 Å². The Hall–Kier alpha value is -5.22. The van der Waals surface area contributed by atoms with Gasteiger partial charge in [-0.3, -0.25) is 38.6 Å². The lowest BCUT2D eigenvalue weighted by molar-refractivity contribution is -0.142. The maximum atomic E-state index is 13.8. The average molecular weight is 630 g/mol. The maximum absolute atomic E-state index is 13.8. The number of nitrogens with one attached hydrogen (secondary N) is 5. The lowest BCUT2D eigenvalue weighted by Gasteiger charge is -2.30. The minimum absolute atomic E-state index is 0.0768. The van der Waals surface area contributed by atoms with Crippen LogP contribution in [0.2, 0.25) is 0 Å². The first-order valence-electron chi connectivity index (χ1n) is 14.5. The summed E-state index contributed by atoms with van der Waals surface area (Å²) in [4.78, 5) is 95.3. The second-order valence-electron chi connectivity index (χ2n) is 10.7. The Morgan fingerprint density at radius 2 is 1.49 bits per heavy atom. The summed E-state index contributed by atoms with van der Waals surface area (Å²) < 4.78 is 0. The normalized spacial score (nSPS) is 23.7. The van der Waals surface area contributed by atoms with Crippen molar-refractivity contribution in [3.8, 4) is 0 Å². The van der Waals surface area contributed by atoms with Crippen LogP contribution in [0.15, 0.2) is 35.3 Å². The fourth-order valence-corrected chi connectivity index (χ4v) is 5.05. The van der Waals surface area contributed by atoms with Crippen molar-refractivity contribution in [3.05, 3.63) is 35.9 Å². The summed E-state index contributed by atoms with van der Waals surface area (Å²) in [6.45, 7) is -0.875. The summed E-state index contributed by atoms with van der Waals surface area (Å²) in [5.74, 6) is -5.97. The minimum Gasteiger partial charge on any atom is -0.481 e. The molecular formula is C28H39N9O8. The summed E-state index contributed by atoms with van der Waals surface area (Å²) >= 11 is 0. The largest absolute Gasteiger partial charge is 0.481 e. The molecule has 45 heavy (non-hydrogen) atoms. The van der Waals surface area contributed by atoms with Crippen LogP contribution in [0, 0.1) is 0 Å². The molecule has 0 aromatic heterocycles. The number of nitrogens with two attached hydrogens (primary N) is 2. The second kappa shape index (κ2) is 16.6. The number of carboxylic acid groups (broad SMARTS) is 1. The van der Waals surface area contributed by atoms with Crippen LogP contribution in [0.5, 0.6) is 0 Å². The Morgan fingerprint density at radius 3 is 2.11 bits per heavy atom. The van der Waals surface area contributed by atoms with Crippen molar-refractivity contribution in [2.45, 2.75) is 62.7 Å². The van der Waals surface area contributed by atoms with Crippen LogP contribution in [0.25, 0.3) is 0 Å². The number of rotatable bonds is 8. The third kappa shape index (κ3) is 10.8. The molecule has 2 fully saturated rings. The number of aliphatic imine (C=N–C) groups is 1. The number of aliphatic carboxylic acids is 1. The van der Waals surface area contributed by atoms with E-state index in [0.29, 0.717) is 12.8 Å². The van der Waals surface area contributed by atoms with Crippen molar-refractivity contribution in [2.75, 3.05) is 26.2 Å². The van der Waals surface area contributed by atoms with Gasteiger partial charge in [0.15, 0.2) is 5.96 Å². The number of amides is 6. The zero-order valence-corrected chi connectivity index (χ0v) is 24.6. The van der Waals surface area contributed by atoms with E-state index >= 15 is 0 Å². The molecule has 244 valence electrons. The zero-order valence-electron chi connectivity index (χ0n) is 24.6. The first-order valence-corrected chi connectivity index (χ1v) is 14.5. The van der Waals surface area contributed by atoms with Gasteiger partial charge in [0.1, 0.15) is 24.2 Å². The number of guanidine groups is 1. The SMILES string of the molecule is NC(N)=NCCC[C@H]1NC(=O)[C@@H]2CCCN2C(=O)[C@@H](Cc2ccccc2)NC(=O)CNC(=O)[C@@H](CC(=O)O)NC(=O)CNC1=O. The van der Waals surface area contributed by atoms with Crippen LogP contribution < -0.4 is 38.1 Å². The summed E-state index contributed by atoms with van der Waals surface area (Å²) in [6, 6.07) is 4.11. The molecule has 1 aromatic rings. The summed E-state index contributed by atoms with van der Waals surface area (Å²) in [7, 11) is 0. The van der Waals surface area contributed by atoms with E-state index in [1.807, 2.05) is 0 Å². The molecule has 2 saturated heterocycles. The van der Waals surface area contributed by atoms with Crippen LogP contribution in [0.1, 0.15) is 37.7 Å². The molecule has 6 amide bonds. The van der Waals surface area contributed by atoms with E-state index in [-0.39, 0.29) is 38.3 Å². The van der Waals surface area contributed by atoms with Crippen molar-refractivity contribution in [3.63, 3.8) is 0 Å². The Balaban J connectivity index is 1.91. The zero-order chi connectivity index (χ0) is 32.9. The second-order valence-corrected chi connectivity index (χ2v) is 10.7. The first kappa shape index (κ1) is 34.3. The quantitative estimate of drug-likeness (QED) is 0.0797. The van der Waals surface area contributed by atoms with E-state index in [4.69, 9.17) is 11.5 Å². The van der Waals surface area contributed by atoms with Crippen LogP contribution in [0.3, 0.4) is 0 Å². The van der Waals surface area contributed by atoms with Crippen molar-refractivity contribution in [2.24, 2.45) is 16.5 Å². The molecule has 2 aliphatic rings. The molecule has 3 rings (SSSR count). The maximum Gasteiger partial charge on any atom is 0.305 e. The van der Waals surface area contributed by atoms with Crippen LogP contribution in [-0.2, 0) is 40.0 Å². The summed E-state index contributed by atoms with van der Waals surface area (Å²) in [6.07, 6.45) is 0.447. The summed E-state index contributed by atoms with van der Waals surface area (Å²) in [5.41, 5.74) is 11.4. The lowest BCUT2D eigenvalue weighted by Crippen LogP contribution is -2.58. The van der Waals surface area contributed by atoms with E-state index in [0.717, 1.165) is 5.56 Å². The molecule has 0 aliphatic carbocycles. The third-order valence-corrected chi connectivity index (χ3v) is 7.21. The highest BCUT2D eigenvalue weighted by atomic mass is 16.4. The Morgan fingerprint density at radius 1 is 0.867 bits per heavy atom. The van der Waals surface area contributed by atoms with Crippen LogP contribution in [0.4, 0.5) is 0 Å². The van der Waals surface area contributed by atoms with Gasteiger partial charge in [0.25, 0.3) is 0 Å². The van der Waals surface area contributed by atoms with E-state index in [1.165, 1.54) is 4.90 Å². The monoisotopic (exact) mass is 629 g/mol. The van der Waals surface area contributed by atoms with E-state index in [9.17, 15) is 38.7 Å². The van der Waals surface area contributed by atoms with Gasteiger partial charge in [0.05, 0.1) is 19.5 Å². The molecule has 10 N–H and O–H groups in total. The molecule has 1 aromatic carbocycles. The topological polar surface area (TPSA) is 268 Å². The number of benzene rings is 1. The van der Waals surface area contributed by atoms with Crippen molar-refractivity contribution >= 4 is 47.4 Å². The highest BCUT2D eigenvalue weighted by molar-refractivity contribution is 5.97. The molecule has 0 radical (unpaired) electrons. The molecule has 0 spiro atoms. The van der Waals surface area contributed by atoms with Gasteiger partial charge in [-0.15, -0.1) is 0 Å². The number of fused-ring (bicyclic) bond motifs is 1. The minimum atomic E-state index is -1.57. The Bertz CT molecular complexity index is 1300. The number of nitrogens with zero attached hydrogens (tertiary/aromatic N) is 2. The first-order chi connectivity index (χ1) is 21.4. The van der Waals surface area contributed by atoms with E-state index < -0.39 is 85.1 Å². The number of carbonyl (C=O) groups is 7. The fraction of sp³-hybridized carbons (Fsp3) is 0.500. The fourth-order valence-electron chi connectivity index (χ4n) is 5.05.